The summed E-state index contributed by atoms with van der Waals surface area (Å²) in [5, 5.41) is 3.54. The highest BCUT2D eigenvalue weighted by Crippen LogP contribution is 2.46. The molecule has 6 heteroatoms. The Kier molecular flexibility index (Phi) is 6.23. The van der Waals surface area contributed by atoms with Crippen molar-refractivity contribution in [2.45, 2.75) is 63.9 Å². The molecule has 1 heterocycles. The molecule has 28 heavy (non-hydrogen) atoms. The van der Waals surface area contributed by atoms with Gasteiger partial charge < -0.3 is 15.0 Å². The van der Waals surface area contributed by atoms with Crippen molar-refractivity contribution >= 4 is 23.6 Å². The fourth-order valence-electron chi connectivity index (χ4n) is 4.13. The summed E-state index contributed by atoms with van der Waals surface area (Å²) in [7, 11) is 0. The van der Waals surface area contributed by atoms with Gasteiger partial charge in [0, 0.05) is 24.7 Å². The van der Waals surface area contributed by atoms with Crippen LogP contribution < -0.4 is 5.32 Å². The second-order valence-electron chi connectivity index (χ2n) is 9.06. The van der Waals surface area contributed by atoms with E-state index in [0.717, 1.165) is 50.8 Å². The quantitative estimate of drug-likeness (QED) is 0.799. The minimum atomic E-state index is -0.489. The number of nitrogens with one attached hydrogen (secondary N) is 1. The maximum absolute atomic E-state index is 13.3. The normalized spacial score (nSPS) is 19.6. The molecule has 1 aromatic rings. The number of hydrogen-bond donors (Lipinski definition) is 1. The predicted octanol–water partition coefficient (Wildman–Crippen LogP) is 4.53. The van der Waals surface area contributed by atoms with Gasteiger partial charge in [0.15, 0.2) is 0 Å². The molecule has 1 aliphatic carbocycles. The van der Waals surface area contributed by atoms with E-state index in [4.69, 9.17) is 16.3 Å². The van der Waals surface area contributed by atoms with Crippen molar-refractivity contribution in [1.82, 2.24) is 10.2 Å². The molecule has 2 aliphatic rings. The molecular formula is C22H31ClN2O3. The average Bonchev–Trinajstić information content (AvgIpc) is 2.58. The third kappa shape index (κ3) is 4.80. The summed E-state index contributed by atoms with van der Waals surface area (Å²) in [6.07, 6.45) is 4.29. The highest BCUT2D eigenvalue weighted by Gasteiger charge is 2.48. The molecule has 0 atom stereocenters. The zero-order chi connectivity index (χ0) is 20.4. The van der Waals surface area contributed by atoms with Crippen LogP contribution in [-0.4, -0.2) is 42.1 Å². The first-order valence-corrected chi connectivity index (χ1v) is 10.6. The van der Waals surface area contributed by atoms with Crippen LogP contribution in [0, 0.1) is 5.92 Å². The van der Waals surface area contributed by atoms with Crippen LogP contribution in [0.1, 0.15) is 58.4 Å². The number of amides is 2. The number of likely N-dealkylation sites (tertiary alicyclic amines) is 1. The van der Waals surface area contributed by atoms with Crippen LogP contribution in [0.3, 0.4) is 0 Å². The molecule has 154 valence electrons. The number of benzene rings is 1. The van der Waals surface area contributed by atoms with Crippen molar-refractivity contribution < 1.29 is 14.3 Å². The molecule has 1 saturated carbocycles. The molecular weight excluding hydrogens is 376 g/mol. The number of nitrogens with zero attached hydrogens (tertiary/aromatic N) is 1. The second-order valence-corrected chi connectivity index (χ2v) is 9.50. The Balaban J connectivity index is 1.53. The number of ether oxygens (including phenoxy) is 1. The Bertz CT molecular complexity index is 717. The molecule has 2 fully saturated rings. The summed E-state index contributed by atoms with van der Waals surface area (Å²) < 4.78 is 5.29. The molecule has 1 aromatic carbocycles. The first-order valence-electron chi connectivity index (χ1n) is 10.2. The summed E-state index contributed by atoms with van der Waals surface area (Å²) in [4.78, 5) is 27.2. The summed E-state index contributed by atoms with van der Waals surface area (Å²) in [5.41, 5.74) is 0.161. The molecule has 5 nitrogen and oxygen atoms in total. The number of alkyl carbamates (subject to hydrolysis) is 1. The lowest BCUT2D eigenvalue weighted by Crippen LogP contribution is -2.53. The first-order chi connectivity index (χ1) is 13.2. The van der Waals surface area contributed by atoms with Crippen molar-refractivity contribution in [3.63, 3.8) is 0 Å². The predicted molar refractivity (Wildman–Crippen MR) is 111 cm³/mol. The lowest BCUT2D eigenvalue weighted by molar-refractivity contribution is -0.142. The zero-order valence-corrected chi connectivity index (χ0v) is 17.8. The molecule has 0 radical (unpaired) electrons. The fraction of sp³-hybridized carbons (Fsp3) is 0.636. The molecule has 1 N–H and O–H groups in total. The van der Waals surface area contributed by atoms with Gasteiger partial charge in [0.2, 0.25) is 5.91 Å². The molecule has 0 bridgehead atoms. The summed E-state index contributed by atoms with van der Waals surface area (Å²) >= 11 is 6.17. The minimum Gasteiger partial charge on any atom is -0.444 e. The lowest BCUT2D eigenvalue weighted by atomic mass is 9.63. The summed E-state index contributed by atoms with van der Waals surface area (Å²) in [5.74, 6) is 0.611. The van der Waals surface area contributed by atoms with Gasteiger partial charge in [-0.1, -0.05) is 30.2 Å². The monoisotopic (exact) mass is 406 g/mol. The lowest BCUT2D eigenvalue weighted by Gasteiger charge is -2.45. The summed E-state index contributed by atoms with van der Waals surface area (Å²) in [6, 6.07) is 7.75. The van der Waals surface area contributed by atoms with Crippen LogP contribution in [0.25, 0.3) is 0 Å². The Morgan fingerprint density at radius 2 is 1.93 bits per heavy atom. The van der Waals surface area contributed by atoms with Crippen LogP contribution in [0.5, 0.6) is 0 Å². The Labute approximate surface area is 172 Å². The number of carbonyl (C=O) groups excluding carboxylic acids is 2. The smallest absolute Gasteiger partial charge is 0.407 e. The van der Waals surface area contributed by atoms with Gasteiger partial charge in [0.1, 0.15) is 5.60 Å². The molecule has 1 saturated heterocycles. The van der Waals surface area contributed by atoms with E-state index in [-0.39, 0.29) is 12.0 Å². The molecule has 1 aliphatic heterocycles. The van der Waals surface area contributed by atoms with Crippen LogP contribution >= 0.6 is 11.6 Å². The van der Waals surface area contributed by atoms with Crippen molar-refractivity contribution in [1.29, 1.82) is 0 Å². The van der Waals surface area contributed by atoms with Crippen molar-refractivity contribution in [2.75, 3.05) is 19.6 Å². The third-order valence-electron chi connectivity index (χ3n) is 5.83. The molecule has 0 aromatic heterocycles. The highest BCUT2D eigenvalue weighted by molar-refractivity contribution is 6.30. The van der Waals surface area contributed by atoms with E-state index >= 15 is 0 Å². The van der Waals surface area contributed by atoms with E-state index in [0.29, 0.717) is 17.5 Å². The number of piperidine rings is 1. The molecule has 3 rings (SSSR count). The van der Waals surface area contributed by atoms with Crippen LogP contribution in [-0.2, 0) is 14.9 Å². The maximum Gasteiger partial charge on any atom is 0.407 e. The van der Waals surface area contributed by atoms with Gasteiger partial charge in [-0.3, -0.25) is 4.79 Å². The maximum atomic E-state index is 13.3. The van der Waals surface area contributed by atoms with E-state index in [9.17, 15) is 9.59 Å². The Hall–Kier alpha value is -1.75. The van der Waals surface area contributed by atoms with Crippen LogP contribution in [0.4, 0.5) is 4.79 Å². The van der Waals surface area contributed by atoms with Gasteiger partial charge in [-0.2, -0.15) is 0 Å². The van der Waals surface area contributed by atoms with Gasteiger partial charge in [-0.05, 0) is 70.1 Å². The zero-order valence-electron chi connectivity index (χ0n) is 17.1. The molecule has 0 unspecified atom stereocenters. The van der Waals surface area contributed by atoms with E-state index in [2.05, 4.69) is 5.32 Å². The second kappa shape index (κ2) is 8.32. The van der Waals surface area contributed by atoms with Gasteiger partial charge >= 0.3 is 6.09 Å². The molecule has 2 amide bonds. The van der Waals surface area contributed by atoms with E-state index in [1.54, 1.807) is 0 Å². The topological polar surface area (TPSA) is 58.6 Å². The third-order valence-corrected chi connectivity index (χ3v) is 6.06. The minimum absolute atomic E-state index is 0.236. The van der Waals surface area contributed by atoms with E-state index in [1.165, 1.54) is 0 Å². The van der Waals surface area contributed by atoms with Crippen LogP contribution in [0.15, 0.2) is 24.3 Å². The number of hydrogen-bond acceptors (Lipinski definition) is 3. The summed E-state index contributed by atoms with van der Waals surface area (Å²) in [6.45, 7) is 7.63. The van der Waals surface area contributed by atoms with E-state index < -0.39 is 11.0 Å². The fourth-order valence-corrected chi connectivity index (χ4v) is 4.32. The van der Waals surface area contributed by atoms with Crippen molar-refractivity contribution in [2.24, 2.45) is 5.92 Å². The molecule has 0 spiro atoms. The largest absolute Gasteiger partial charge is 0.444 e. The number of halogens is 1. The number of carbonyl (C=O) groups is 2. The highest BCUT2D eigenvalue weighted by atomic mass is 35.5. The SMILES string of the molecule is CC(C)(C)OC(=O)NCC1CCN(C(=O)C2(c3cccc(Cl)c3)CCC2)CC1. The Morgan fingerprint density at radius 1 is 1.25 bits per heavy atom. The average molecular weight is 407 g/mol. The van der Waals surface area contributed by atoms with Gasteiger partial charge in [-0.25, -0.2) is 4.79 Å². The van der Waals surface area contributed by atoms with Crippen molar-refractivity contribution in [3.05, 3.63) is 34.9 Å². The van der Waals surface area contributed by atoms with Crippen molar-refractivity contribution in [3.8, 4) is 0 Å². The standard InChI is InChI=1S/C22H31ClN2O3/c1-21(2,3)28-20(27)24-15-16-8-12-25(13-9-16)19(26)22(10-5-11-22)17-6-4-7-18(23)14-17/h4,6-7,14,16H,5,8-13,15H2,1-3H3,(H,24,27). The number of rotatable bonds is 4. The van der Waals surface area contributed by atoms with Gasteiger partial charge in [-0.15, -0.1) is 0 Å². The van der Waals surface area contributed by atoms with Gasteiger partial charge in [0.25, 0.3) is 0 Å². The van der Waals surface area contributed by atoms with Gasteiger partial charge in [0.05, 0.1) is 5.41 Å². The first kappa shape index (κ1) is 21.0. The van der Waals surface area contributed by atoms with Crippen LogP contribution in [0.2, 0.25) is 5.02 Å². The Morgan fingerprint density at radius 3 is 2.46 bits per heavy atom. The van der Waals surface area contributed by atoms with E-state index in [1.807, 2.05) is 49.9 Å².